The van der Waals surface area contributed by atoms with Crippen molar-refractivity contribution in [3.63, 3.8) is 0 Å². The molecule has 0 radical (unpaired) electrons. The number of carbonyl (C=O) groups excluding carboxylic acids is 2. The summed E-state index contributed by atoms with van der Waals surface area (Å²) >= 11 is 7.22. The molecule has 3 aromatic rings. The van der Waals surface area contributed by atoms with Crippen LogP contribution in [0.2, 0.25) is 5.02 Å². The number of rotatable bonds is 4. The second-order valence-corrected chi connectivity index (χ2v) is 6.15. The summed E-state index contributed by atoms with van der Waals surface area (Å²) in [6, 6.07) is 5.32. The summed E-state index contributed by atoms with van der Waals surface area (Å²) in [5, 5.41) is 5.65. The van der Waals surface area contributed by atoms with Crippen molar-refractivity contribution in [2.24, 2.45) is 0 Å². The number of esters is 1. The lowest BCUT2D eigenvalue weighted by molar-refractivity contribution is 0.0520. The summed E-state index contributed by atoms with van der Waals surface area (Å²) in [4.78, 5) is 28.1. The minimum absolute atomic E-state index is 0.154. The number of aromatic nitrogens is 1. The summed E-state index contributed by atoms with van der Waals surface area (Å²) in [7, 11) is 0. The summed E-state index contributed by atoms with van der Waals surface area (Å²) < 4.78 is 10.5. The van der Waals surface area contributed by atoms with Crippen molar-refractivity contribution in [3.8, 4) is 0 Å². The Morgan fingerprint density at radius 2 is 2.21 bits per heavy atom. The number of thiazole rings is 1. The van der Waals surface area contributed by atoms with Gasteiger partial charge in [-0.3, -0.25) is 10.1 Å². The van der Waals surface area contributed by atoms with E-state index in [1.165, 1.54) is 5.38 Å². The Kier molecular flexibility index (Phi) is 4.55. The van der Waals surface area contributed by atoms with Gasteiger partial charge in [0, 0.05) is 16.3 Å². The Morgan fingerprint density at radius 1 is 1.42 bits per heavy atom. The molecule has 0 saturated carbocycles. The van der Waals surface area contributed by atoms with E-state index in [1.54, 1.807) is 26.0 Å². The standard InChI is InChI=1S/C16H13ClN2O4S/c1-3-22-15(21)11-7-24-16(18-11)19-14(20)12-8(2)9-5-4-6-10(17)13(9)23-12/h4-7H,3H2,1-2H3,(H,18,19,20). The lowest BCUT2D eigenvalue weighted by Gasteiger charge is -1.99. The van der Waals surface area contributed by atoms with E-state index in [2.05, 4.69) is 10.3 Å². The third kappa shape index (κ3) is 3.00. The number of aryl methyl sites for hydroxylation is 1. The van der Waals surface area contributed by atoms with Crippen LogP contribution in [0, 0.1) is 6.92 Å². The normalized spacial score (nSPS) is 10.8. The van der Waals surface area contributed by atoms with E-state index in [4.69, 9.17) is 20.8 Å². The zero-order chi connectivity index (χ0) is 17.3. The van der Waals surface area contributed by atoms with Crippen LogP contribution in [0.25, 0.3) is 11.0 Å². The van der Waals surface area contributed by atoms with E-state index >= 15 is 0 Å². The van der Waals surface area contributed by atoms with E-state index in [0.29, 0.717) is 16.2 Å². The lowest BCUT2D eigenvalue weighted by atomic mass is 10.1. The second-order valence-electron chi connectivity index (χ2n) is 4.89. The number of amides is 1. The molecule has 0 atom stereocenters. The molecule has 2 aromatic heterocycles. The summed E-state index contributed by atoms with van der Waals surface area (Å²) in [6.45, 7) is 3.75. The maximum Gasteiger partial charge on any atom is 0.357 e. The number of carbonyl (C=O) groups is 2. The fraction of sp³-hybridized carbons (Fsp3) is 0.188. The number of halogens is 1. The molecule has 0 fully saturated rings. The first kappa shape index (κ1) is 16.5. The molecule has 24 heavy (non-hydrogen) atoms. The number of nitrogens with one attached hydrogen (secondary N) is 1. The zero-order valence-electron chi connectivity index (χ0n) is 12.9. The van der Waals surface area contributed by atoms with Crippen molar-refractivity contribution in [2.45, 2.75) is 13.8 Å². The molecular formula is C16H13ClN2O4S. The Hall–Kier alpha value is -2.38. The molecule has 1 amide bonds. The highest BCUT2D eigenvalue weighted by Gasteiger charge is 2.20. The minimum Gasteiger partial charge on any atom is -0.461 e. The number of benzene rings is 1. The van der Waals surface area contributed by atoms with Gasteiger partial charge in [-0.2, -0.15) is 0 Å². The van der Waals surface area contributed by atoms with Crippen LogP contribution in [0.4, 0.5) is 5.13 Å². The van der Waals surface area contributed by atoms with E-state index < -0.39 is 11.9 Å². The van der Waals surface area contributed by atoms with E-state index in [9.17, 15) is 9.59 Å². The molecule has 0 aliphatic rings. The number of furan rings is 1. The number of hydrogen-bond donors (Lipinski definition) is 1. The highest BCUT2D eigenvalue weighted by molar-refractivity contribution is 7.14. The van der Waals surface area contributed by atoms with Crippen LogP contribution in [0.15, 0.2) is 28.0 Å². The highest BCUT2D eigenvalue weighted by Crippen LogP contribution is 2.31. The van der Waals surface area contributed by atoms with Gasteiger partial charge in [-0.15, -0.1) is 11.3 Å². The number of nitrogens with zero attached hydrogens (tertiary/aromatic N) is 1. The van der Waals surface area contributed by atoms with Crippen molar-refractivity contribution in [1.29, 1.82) is 0 Å². The van der Waals surface area contributed by atoms with Crippen molar-refractivity contribution in [2.75, 3.05) is 11.9 Å². The average Bonchev–Trinajstić information content (AvgIpc) is 3.14. The quantitative estimate of drug-likeness (QED) is 0.699. The van der Waals surface area contributed by atoms with Crippen molar-refractivity contribution in [1.82, 2.24) is 4.98 Å². The average molecular weight is 365 g/mol. The summed E-state index contributed by atoms with van der Waals surface area (Å²) in [5.74, 6) is -0.823. The van der Waals surface area contributed by atoms with Crippen molar-refractivity contribution in [3.05, 3.63) is 45.6 Å². The predicted octanol–water partition coefficient (Wildman–Crippen LogP) is 4.28. The van der Waals surface area contributed by atoms with Crippen LogP contribution in [0.3, 0.4) is 0 Å². The molecule has 0 aliphatic heterocycles. The molecule has 3 rings (SSSR count). The molecule has 0 unspecified atom stereocenters. The Bertz CT molecular complexity index is 931. The molecule has 0 spiro atoms. The number of anilines is 1. The Balaban J connectivity index is 1.84. The van der Waals surface area contributed by atoms with E-state index in [-0.39, 0.29) is 23.2 Å². The van der Waals surface area contributed by atoms with Gasteiger partial charge in [0.25, 0.3) is 5.91 Å². The monoisotopic (exact) mass is 364 g/mol. The molecule has 1 aromatic carbocycles. The number of fused-ring (bicyclic) bond motifs is 1. The van der Waals surface area contributed by atoms with Gasteiger partial charge in [0.05, 0.1) is 11.6 Å². The van der Waals surface area contributed by atoms with Crippen molar-refractivity contribution < 1.29 is 18.7 Å². The number of hydrogen-bond acceptors (Lipinski definition) is 6. The van der Waals surface area contributed by atoms with Gasteiger partial charge in [-0.1, -0.05) is 23.7 Å². The van der Waals surface area contributed by atoms with Crippen LogP contribution >= 0.6 is 22.9 Å². The van der Waals surface area contributed by atoms with Gasteiger partial charge in [0.1, 0.15) is 0 Å². The molecule has 6 nitrogen and oxygen atoms in total. The van der Waals surface area contributed by atoms with Crippen molar-refractivity contribution >= 4 is 50.9 Å². The molecular weight excluding hydrogens is 352 g/mol. The fourth-order valence-electron chi connectivity index (χ4n) is 2.21. The zero-order valence-corrected chi connectivity index (χ0v) is 14.5. The number of para-hydroxylation sites is 1. The van der Waals surface area contributed by atoms with Gasteiger partial charge >= 0.3 is 5.97 Å². The topological polar surface area (TPSA) is 81.4 Å². The minimum atomic E-state index is -0.527. The maximum absolute atomic E-state index is 12.4. The van der Waals surface area contributed by atoms with Gasteiger partial charge in [-0.25, -0.2) is 9.78 Å². The SMILES string of the molecule is CCOC(=O)c1csc(NC(=O)c2oc3c(Cl)cccc3c2C)n1. The van der Waals surface area contributed by atoms with Gasteiger partial charge in [0.2, 0.25) is 0 Å². The van der Waals surface area contributed by atoms with Crippen LogP contribution in [0.1, 0.15) is 33.5 Å². The molecule has 124 valence electrons. The first-order valence-electron chi connectivity index (χ1n) is 7.13. The molecule has 0 bridgehead atoms. The van der Waals surface area contributed by atoms with Gasteiger partial charge < -0.3 is 9.15 Å². The third-order valence-electron chi connectivity index (χ3n) is 3.33. The number of ether oxygens (including phenoxy) is 1. The molecule has 0 saturated heterocycles. The van der Waals surface area contributed by atoms with E-state index in [1.807, 2.05) is 6.07 Å². The van der Waals surface area contributed by atoms with Gasteiger partial charge in [-0.05, 0) is 19.9 Å². The summed E-state index contributed by atoms with van der Waals surface area (Å²) in [5.41, 5.74) is 1.31. The largest absolute Gasteiger partial charge is 0.461 e. The molecule has 8 heteroatoms. The van der Waals surface area contributed by atoms with Crippen LogP contribution in [-0.2, 0) is 4.74 Å². The Labute approximate surface area is 146 Å². The smallest absolute Gasteiger partial charge is 0.357 e. The van der Waals surface area contributed by atoms with Gasteiger partial charge in [0.15, 0.2) is 22.2 Å². The van der Waals surface area contributed by atoms with Crippen LogP contribution in [0.5, 0.6) is 0 Å². The fourth-order valence-corrected chi connectivity index (χ4v) is 3.10. The maximum atomic E-state index is 12.4. The molecule has 2 heterocycles. The Morgan fingerprint density at radius 3 is 2.92 bits per heavy atom. The lowest BCUT2D eigenvalue weighted by Crippen LogP contribution is -2.12. The summed E-state index contributed by atoms with van der Waals surface area (Å²) in [6.07, 6.45) is 0. The van der Waals surface area contributed by atoms with Crippen LogP contribution in [-0.4, -0.2) is 23.5 Å². The van der Waals surface area contributed by atoms with E-state index in [0.717, 1.165) is 16.7 Å². The second kappa shape index (κ2) is 6.62. The first-order valence-corrected chi connectivity index (χ1v) is 8.38. The van der Waals surface area contributed by atoms with Crippen LogP contribution < -0.4 is 5.32 Å². The third-order valence-corrected chi connectivity index (χ3v) is 4.39. The molecule has 1 N–H and O–H groups in total. The predicted molar refractivity (Wildman–Crippen MR) is 92.0 cm³/mol. The highest BCUT2D eigenvalue weighted by atomic mass is 35.5. The molecule has 0 aliphatic carbocycles. The first-order chi connectivity index (χ1) is 11.5.